The van der Waals surface area contributed by atoms with Gasteiger partial charge in [0, 0.05) is 77.4 Å². The number of hydrogen-bond donors (Lipinski definition) is 0. The molecule has 2 aliphatic rings. The Balaban J connectivity index is 1.04. The summed E-state index contributed by atoms with van der Waals surface area (Å²) in [6.45, 7) is 34.4. The van der Waals surface area contributed by atoms with E-state index in [-0.39, 0.29) is 23.0 Å². The highest BCUT2D eigenvalue weighted by Gasteiger charge is 2.45. The molecule has 0 radical (unpaired) electrons. The van der Waals surface area contributed by atoms with Crippen LogP contribution >= 0.6 is 0 Å². The van der Waals surface area contributed by atoms with Gasteiger partial charge in [-0.2, -0.15) is 0 Å². The van der Waals surface area contributed by atoms with Gasteiger partial charge in [0.15, 0.2) is 0 Å². The van der Waals surface area contributed by atoms with Gasteiger partial charge in [-0.15, -0.1) is 0 Å². The molecule has 0 saturated carbocycles. The van der Waals surface area contributed by atoms with Crippen LogP contribution in [-0.4, -0.2) is 11.3 Å². The molecule has 420 valence electrons. The maximum atomic E-state index is 6.69. The average molecular weight is 1120 g/mol. The number of para-hydroxylation sites is 4. The van der Waals surface area contributed by atoms with Gasteiger partial charge < -0.3 is 23.2 Å². The van der Waals surface area contributed by atoms with Crippen molar-refractivity contribution in [2.75, 3.05) is 9.80 Å². The van der Waals surface area contributed by atoms with E-state index in [1.54, 1.807) is 0 Å². The van der Waals surface area contributed by atoms with Gasteiger partial charge in [-0.3, -0.25) is 0 Å². The summed E-state index contributed by atoms with van der Waals surface area (Å²) >= 11 is 0. The quantitative estimate of drug-likeness (QED) is 0.156. The van der Waals surface area contributed by atoms with Gasteiger partial charge in [0.2, 0.25) is 0 Å². The Morgan fingerprint density at radius 3 is 1.72 bits per heavy atom. The monoisotopic (exact) mass is 1120 g/mol. The first-order valence-corrected chi connectivity index (χ1v) is 30.3. The minimum absolute atomic E-state index is 0.0562. The van der Waals surface area contributed by atoms with Crippen LogP contribution in [0.4, 0.5) is 34.1 Å². The van der Waals surface area contributed by atoms with Crippen molar-refractivity contribution in [3.63, 3.8) is 0 Å². The highest BCUT2D eigenvalue weighted by atomic mass is 16.3. The Hall–Kier alpha value is -9.52. The van der Waals surface area contributed by atoms with Crippen LogP contribution < -0.4 is 36.8 Å². The summed E-state index contributed by atoms with van der Waals surface area (Å²) in [4.78, 5) is 5.21. The van der Waals surface area contributed by atoms with E-state index in [9.17, 15) is 0 Å². The van der Waals surface area contributed by atoms with Crippen molar-refractivity contribution in [3.8, 4) is 16.8 Å². The van der Waals surface area contributed by atoms with E-state index in [2.05, 4.69) is 280 Å². The largest absolute Gasteiger partial charge is 0.455 e. The van der Waals surface area contributed by atoms with Crippen LogP contribution in [0, 0.1) is 13.8 Å². The molecule has 0 unspecified atom stereocenters. The van der Waals surface area contributed by atoms with Crippen molar-refractivity contribution < 1.29 is 8.83 Å². The van der Waals surface area contributed by atoms with Crippen LogP contribution in [0.2, 0.25) is 0 Å². The second kappa shape index (κ2) is 19.0. The maximum Gasteiger partial charge on any atom is 0.252 e. The van der Waals surface area contributed by atoms with Crippen molar-refractivity contribution in [2.24, 2.45) is 0 Å². The summed E-state index contributed by atoms with van der Waals surface area (Å²) < 4.78 is 15.7. The highest BCUT2D eigenvalue weighted by molar-refractivity contribution is 7.00. The number of aromatic nitrogens is 1. The lowest BCUT2D eigenvalue weighted by Crippen LogP contribution is -2.61. The molecule has 0 saturated heterocycles. The van der Waals surface area contributed by atoms with Gasteiger partial charge in [0.1, 0.15) is 22.2 Å². The number of fused-ring (bicyclic) bond motifs is 11. The molecule has 0 fully saturated rings. The van der Waals surface area contributed by atoms with Crippen molar-refractivity contribution in [1.29, 1.82) is 0 Å². The summed E-state index contributed by atoms with van der Waals surface area (Å²) in [5.74, 6) is 0. The van der Waals surface area contributed by atoms with Crippen LogP contribution in [0.25, 0.3) is 83.7 Å². The molecule has 0 aliphatic carbocycles. The topological polar surface area (TPSA) is 37.7 Å². The zero-order valence-corrected chi connectivity index (χ0v) is 51.2. The Morgan fingerprint density at radius 1 is 0.465 bits per heavy atom. The van der Waals surface area contributed by atoms with Gasteiger partial charge in [0.05, 0.1) is 16.7 Å². The Kier molecular flexibility index (Phi) is 11.8. The number of rotatable bonds is 6. The Labute approximate surface area is 504 Å². The molecule has 13 aromatic rings. The van der Waals surface area contributed by atoms with Crippen LogP contribution in [0.3, 0.4) is 0 Å². The zero-order chi connectivity index (χ0) is 59.5. The summed E-state index contributed by atoms with van der Waals surface area (Å²) in [5.41, 5.74) is 27.6. The number of benzene rings is 10. The number of hydrogen-bond acceptors (Lipinski definition) is 4. The van der Waals surface area contributed by atoms with Crippen LogP contribution in [-0.2, 0) is 16.2 Å². The molecule has 10 aromatic carbocycles. The van der Waals surface area contributed by atoms with E-state index in [0.29, 0.717) is 0 Å². The van der Waals surface area contributed by atoms with Crippen LogP contribution in [0.1, 0.15) is 95.7 Å². The van der Waals surface area contributed by atoms with Crippen molar-refractivity contribution in [3.05, 3.63) is 251 Å². The molecule has 86 heavy (non-hydrogen) atoms. The normalized spacial score (nSPS) is 13.7. The Bertz CT molecular complexity index is 5110. The Morgan fingerprint density at radius 2 is 1.05 bits per heavy atom. The van der Waals surface area contributed by atoms with Crippen molar-refractivity contribution in [2.45, 2.75) is 92.4 Å². The predicted octanol–water partition coefficient (Wildman–Crippen LogP) is 18.5. The summed E-state index contributed by atoms with van der Waals surface area (Å²) in [6.07, 6.45) is 1.91. The van der Waals surface area contributed by atoms with E-state index in [0.717, 1.165) is 88.4 Å². The lowest BCUT2D eigenvalue weighted by Gasteiger charge is -2.46. The third-order valence-electron chi connectivity index (χ3n) is 18.6. The first-order valence-electron chi connectivity index (χ1n) is 30.3. The number of allylic oxidation sites excluding steroid dienone is 1. The van der Waals surface area contributed by atoms with Crippen LogP contribution in [0.15, 0.2) is 216 Å². The fraction of sp³-hybridized carbons (Fsp3) is 0.175. The number of anilines is 6. The summed E-state index contributed by atoms with van der Waals surface area (Å²) in [5, 5.41) is 6.60. The molecule has 0 N–H and O–H groups in total. The molecule has 2 aliphatic heterocycles. The molecular weight excluding hydrogens is 1050 g/mol. The molecule has 3 aromatic heterocycles. The average Bonchev–Trinajstić information content (AvgIpc) is 0.886. The van der Waals surface area contributed by atoms with Crippen molar-refractivity contribution in [1.82, 2.24) is 4.57 Å². The van der Waals surface area contributed by atoms with E-state index >= 15 is 0 Å². The molecule has 6 heteroatoms. The van der Waals surface area contributed by atoms with Gasteiger partial charge >= 0.3 is 0 Å². The number of nitrogens with zero attached hydrogens (tertiary/aromatic N) is 3. The van der Waals surface area contributed by atoms with E-state index in [4.69, 9.17) is 8.83 Å². The maximum absolute atomic E-state index is 6.69. The van der Waals surface area contributed by atoms with Gasteiger partial charge in [-0.05, 0) is 170 Å². The summed E-state index contributed by atoms with van der Waals surface area (Å²) in [6, 6.07) is 72.4. The molecule has 15 rings (SSSR count). The fourth-order valence-corrected chi connectivity index (χ4v) is 14.1. The minimum atomic E-state index is -0.226. The lowest BCUT2D eigenvalue weighted by atomic mass is 9.33. The standard InChI is InChI=1S/C80H70BN3O2/c1-14-57(76-49(4)58-25-18-20-29-72(58)85-76)50-31-35-56(36-32-50)83-69-46-67-63(62-41-52(78(5,6)7)34-38-66(62)82(67)55-23-16-15-17-24-55)45-65(69)81-64-37-33-53(79(8,9)10)42-68(64)84(71-44-54(80(11,12)13)43-70(83)74(71)81)75-47(2)39-51(40-48(75)3)59-27-22-28-61-60-26-19-21-30-73(60)86-77(59)61/h14-46H,1,4H2,2-3,5-13H3/b76-57-. The van der Waals surface area contributed by atoms with Crippen LogP contribution in [0.5, 0.6) is 0 Å². The van der Waals surface area contributed by atoms with Gasteiger partial charge in [-0.25, -0.2) is 0 Å². The van der Waals surface area contributed by atoms with Gasteiger partial charge in [0.25, 0.3) is 6.71 Å². The fourth-order valence-electron chi connectivity index (χ4n) is 14.1. The molecule has 5 heterocycles. The zero-order valence-electron chi connectivity index (χ0n) is 51.2. The first kappa shape index (κ1) is 53.2. The molecule has 0 bridgehead atoms. The van der Waals surface area contributed by atoms with Gasteiger partial charge in [-0.1, -0.05) is 191 Å². The van der Waals surface area contributed by atoms with Crippen molar-refractivity contribution >= 4 is 124 Å². The first-order chi connectivity index (χ1) is 41.2. The lowest BCUT2D eigenvalue weighted by molar-refractivity contribution is 0.573. The molecule has 0 atom stereocenters. The predicted molar refractivity (Wildman–Crippen MR) is 367 cm³/mol. The van der Waals surface area contributed by atoms with E-state index in [1.807, 2.05) is 24.3 Å². The molecule has 5 nitrogen and oxygen atoms in total. The SMILES string of the molecule is C=C/C(c1ccc(N2c3cc4c(cc3B3c5ccc(C(C)(C)C)cc5N(c5c(C)cc(-c6cccc7c6oc6ccccc67)cc5C)c5cc(C(C)(C)C)cc2c53)c2cc(C(C)(C)C)ccc2n4-c2ccccc2)cc1)=c1/oc2ccccc2c1=C. The number of aryl methyl sites for hydroxylation is 2. The highest BCUT2D eigenvalue weighted by Crippen LogP contribution is 2.50. The molecule has 0 amide bonds. The summed E-state index contributed by atoms with van der Waals surface area (Å²) in [7, 11) is 0. The smallest absolute Gasteiger partial charge is 0.252 e. The van der Waals surface area contributed by atoms with E-state index in [1.165, 1.54) is 83.2 Å². The third kappa shape index (κ3) is 8.13. The second-order valence-electron chi connectivity index (χ2n) is 27.2. The third-order valence-corrected chi connectivity index (χ3v) is 18.6. The minimum Gasteiger partial charge on any atom is -0.455 e. The van der Waals surface area contributed by atoms with E-state index < -0.39 is 0 Å². The second-order valence-corrected chi connectivity index (χ2v) is 27.2. The molecular formula is C80H70BN3O2. The molecule has 0 spiro atoms. The number of furan rings is 2.